The Balaban J connectivity index is 1.95. The van der Waals surface area contributed by atoms with Gasteiger partial charge in [-0.3, -0.25) is 24.6 Å². The summed E-state index contributed by atoms with van der Waals surface area (Å²) >= 11 is 6.00. The lowest BCUT2D eigenvalue weighted by Crippen LogP contribution is -2.29. The summed E-state index contributed by atoms with van der Waals surface area (Å²) in [7, 11) is 0. The molecule has 0 aliphatic carbocycles. The lowest BCUT2D eigenvalue weighted by Gasteiger charge is -2.25. The molecule has 1 atom stereocenters. The van der Waals surface area contributed by atoms with Crippen molar-refractivity contribution in [3.63, 3.8) is 0 Å². The third-order valence-corrected chi connectivity index (χ3v) is 5.25. The monoisotopic (exact) mass is 434 g/mol. The Morgan fingerprint density at radius 3 is 2.29 bits per heavy atom. The molecular weight excluding hydrogens is 420 g/mol. The Hall–Kier alpha value is -3.97. The average Bonchev–Trinajstić information content (AvgIpc) is 3.05. The van der Waals surface area contributed by atoms with Crippen LogP contribution in [0.2, 0.25) is 5.02 Å². The van der Waals surface area contributed by atoms with Gasteiger partial charge >= 0.3 is 0 Å². The van der Waals surface area contributed by atoms with Crippen LogP contribution in [0.1, 0.15) is 17.2 Å². The molecule has 0 spiro atoms. The van der Waals surface area contributed by atoms with E-state index in [1.54, 1.807) is 54.6 Å². The molecule has 0 radical (unpaired) electrons. The summed E-state index contributed by atoms with van der Waals surface area (Å²) < 4.78 is 0. The molecule has 0 saturated carbocycles. The highest BCUT2D eigenvalue weighted by atomic mass is 35.5. The van der Waals surface area contributed by atoms with E-state index < -0.39 is 22.7 Å². The van der Waals surface area contributed by atoms with Crippen molar-refractivity contribution in [1.82, 2.24) is 0 Å². The maximum Gasteiger partial charge on any atom is 0.300 e. The van der Waals surface area contributed by atoms with Gasteiger partial charge in [0, 0.05) is 22.7 Å². The van der Waals surface area contributed by atoms with Gasteiger partial charge in [0.2, 0.25) is 0 Å². The number of carbonyl (C=O) groups is 2. The van der Waals surface area contributed by atoms with E-state index in [4.69, 9.17) is 11.6 Å². The molecule has 154 valence electrons. The molecule has 1 saturated heterocycles. The minimum Gasteiger partial charge on any atom is -0.507 e. The van der Waals surface area contributed by atoms with Gasteiger partial charge in [-0.05, 0) is 23.8 Å². The van der Waals surface area contributed by atoms with Gasteiger partial charge in [0.15, 0.2) is 0 Å². The van der Waals surface area contributed by atoms with E-state index in [9.17, 15) is 24.8 Å². The lowest BCUT2D eigenvalue weighted by atomic mass is 9.95. The van der Waals surface area contributed by atoms with Crippen molar-refractivity contribution in [1.29, 1.82) is 0 Å². The number of amides is 1. The predicted octanol–water partition coefficient (Wildman–Crippen LogP) is 4.87. The first kappa shape index (κ1) is 20.3. The average molecular weight is 435 g/mol. The molecule has 1 fully saturated rings. The molecule has 3 aromatic carbocycles. The highest BCUT2D eigenvalue weighted by molar-refractivity contribution is 6.51. The van der Waals surface area contributed by atoms with Crippen LogP contribution in [0.3, 0.4) is 0 Å². The number of rotatable bonds is 4. The first-order valence-electron chi connectivity index (χ1n) is 9.25. The largest absolute Gasteiger partial charge is 0.507 e. The first-order chi connectivity index (χ1) is 14.9. The predicted molar refractivity (Wildman–Crippen MR) is 116 cm³/mol. The van der Waals surface area contributed by atoms with Crippen molar-refractivity contribution >= 4 is 40.4 Å². The number of anilines is 1. The SMILES string of the molecule is O=C1C(=O)N(c2cccc([N+](=O)[O-])c2)C(c2ccc(Cl)cc2)/C1=C(/O)c1ccccc1. The summed E-state index contributed by atoms with van der Waals surface area (Å²) in [5, 5.41) is 22.6. The van der Waals surface area contributed by atoms with Gasteiger partial charge in [0.1, 0.15) is 5.76 Å². The zero-order valence-corrected chi connectivity index (χ0v) is 16.7. The minimum atomic E-state index is -0.987. The summed E-state index contributed by atoms with van der Waals surface area (Å²) in [4.78, 5) is 37.8. The Morgan fingerprint density at radius 1 is 0.968 bits per heavy atom. The zero-order chi connectivity index (χ0) is 22.1. The fourth-order valence-electron chi connectivity index (χ4n) is 3.57. The third kappa shape index (κ3) is 3.67. The number of nitro benzene ring substituents is 1. The topological polar surface area (TPSA) is 101 Å². The summed E-state index contributed by atoms with van der Waals surface area (Å²) in [6.45, 7) is 0. The van der Waals surface area contributed by atoms with Crippen LogP contribution in [-0.2, 0) is 9.59 Å². The van der Waals surface area contributed by atoms with Crippen molar-refractivity contribution in [2.24, 2.45) is 0 Å². The molecule has 1 N–H and O–H groups in total. The van der Waals surface area contributed by atoms with Gasteiger partial charge < -0.3 is 5.11 Å². The van der Waals surface area contributed by atoms with Crippen LogP contribution < -0.4 is 4.90 Å². The molecule has 4 rings (SSSR count). The summed E-state index contributed by atoms with van der Waals surface area (Å²) in [6.07, 6.45) is 0. The van der Waals surface area contributed by atoms with Gasteiger partial charge in [-0.2, -0.15) is 0 Å². The quantitative estimate of drug-likeness (QED) is 0.207. The fraction of sp³-hybridized carbons (Fsp3) is 0.0435. The molecule has 1 amide bonds. The normalized spacial score (nSPS) is 17.7. The summed E-state index contributed by atoms with van der Waals surface area (Å²) in [5.41, 5.74) is 0.733. The molecule has 31 heavy (non-hydrogen) atoms. The van der Waals surface area contributed by atoms with Gasteiger partial charge in [-0.15, -0.1) is 0 Å². The maximum absolute atomic E-state index is 13.0. The van der Waals surface area contributed by atoms with Crippen LogP contribution in [0, 0.1) is 10.1 Å². The van der Waals surface area contributed by atoms with E-state index in [-0.39, 0.29) is 22.7 Å². The summed E-state index contributed by atoms with van der Waals surface area (Å²) in [5.74, 6) is -2.10. The Bertz CT molecular complexity index is 1220. The molecule has 1 aliphatic heterocycles. The first-order valence-corrected chi connectivity index (χ1v) is 9.62. The minimum absolute atomic E-state index is 0.106. The highest BCUT2D eigenvalue weighted by Crippen LogP contribution is 2.42. The number of nitrogens with zero attached hydrogens (tertiary/aromatic N) is 2. The van der Waals surface area contributed by atoms with Crippen molar-refractivity contribution in [3.8, 4) is 0 Å². The van der Waals surface area contributed by atoms with Gasteiger partial charge in [0.25, 0.3) is 17.4 Å². The molecule has 3 aromatic rings. The number of halogens is 1. The molecule has 1 unspecified atom stereocenters. The molecule has 7 nitrogen and oxygen atoms in total. The van der Waals surface area contributed by atoms with E-state index in [0.717, 1.165) is 4.90 Å². The van der Waals surface area contributed by atoms with Crippen LogP contribution in [0.5, 0.6) is 0 Å². The van der Waals surface area contributed by atoms with Crippen LogP contribution in [0.25, 0.3) is 5.76 Å². The number of aliphatic hydroxyl groups is 1. The number of benzene rings is 3. The van der Waals surface area contributed by atoms with E-state index in [1.165, 1.54) is 24.3 Å². The standard InChI is InChI=1S/C23H15ClN2O5/c24-16-11-9-14(10-12-16)20-19(21(27)15-5-2-1-3-6-15)22(28)23(29)25(20)17-7-4-8-18(13-17)26(30)31/h1-13,20,27H/b21-19-. The van der Waals surface area contributed by atoms with E-state index in [0.29, 0.717) is 16.1 Å². The van der Waals surface area contributed by atoms with Crippen molar-refractivity contribution < 1.29 is 19.6 Å². The molecule has 0 bridgehead atoms. The van der Waals surface area contributed by atoms with Crippen molar-refractivity contribution in [2.45, 2.75) is 6.04 Å². The van der Waals surface area contributed by atoms with Gasteiger partial charge in [-0.1, -0.05) is 60.1 Å². The second kappa shape index (κ2) is 8.04. The molecule has 8 heteroatoms. The number of hydrogen-bond acceptors (Lipinski definition) is 5. The number of hydrogen-bond donors (Lipinski definition) is 1. The second-order valence-corrected chi connectivity index (χ2v) is 7.30. The Morgan fingerprint density at radius 2 is 1.65 bits per heavy atom. The van der Waals surface area contributed by atoms with Crippen LogP contribution in [-0.4, -0.2) is 21.7 Å². The number of aliphatic hydroxyl groups excluding tert-OH is 1. The summed E-state index contributed by atoms with van der Waals surface area (Å²) in [6, 6.07) is 19.3. The van der Waals surface area contributed by atoms with Crippen LogP contribution >= 0.6 is 11.6 Å². The second-order valence-electron chi connectivity index (χ2n) is 6.86. The fourth-order valence-corrected chi connectivity index (χ4v) is 3.69. The van der Waals surface area contributed by atoms with E-state index in [2.05, 4.69) is 0 Å². The molecule has 1 heterocycles. The van der Waals surface area contributed by atoms with Crippen LogP contribution in [0.15, 0.2) is 84.4 Å². The molecular formula is C23H15ClN2O5. The molecule has 0 aromatic heterocycles. The van der Waals surface area contributed by atoms with Crippen LogP contribution in [0.4, 0.5) is 11.4 Å². The maximum atomic E-state index is 13.0. The Kier molecular flexibility index (Phi) is 5.27. The zero-order valence-electron chi connectivity index (χ0n) is 15.9. The Labute approximate surface area is 182 Å². The number of non-ortho nitro benzene ring substituents is 1. The van der Waals surface area contributed by atoms with E-state index in [1.807, 2.05) is 0 Å². The number of carbonyl (C=O) groups excluding carboxylic acids is 2. The van der Waals surface area contributed by atoms with E-state index >= 15 is 0 Å². The van der Waals surface area contributed by atoms with Crippen molar-refractivity contribution in [2.75, 3.05) is 4.90 Å². The number of Topliss-reactive ketones (excluding diaryl/α,β-unsaturated/α-hetero) is 1. The number of ketones is 1. The van der Waals surface area contributed by atoms with Crippen molar-refractivity contribution in [3.05, 3.63) is 111 Å². The third-order valence-electron chi connectivity index (χ3n) is 5.00. The van der Waals surface area contributed by atoms with Gasteiger partial charge in [-0.25, -0.2) is 0 Å². The smallest absolute Gasteiger partial charge is 0.300 e. The number of nitro groups is 1. The lowest BCUT2D eigenvalue weighted by molar-refractivity contribution is -0.384. The molecule has 1 aliphatic rings. The van der Waals surface area contributed by atoms with Gasteiger partial charge in [0.05, 0.1) is 22.2 Å². The highest BCUT2D eigenvalue weighted by Gasteiger charge is 2.47.